The van der Waals surface area contributed by atoms with Crippen molar-refractivity contribution < 1.29 is 14.3 Å². The Hall–Kier alpha value is -3.49. The fraction of sp³-hybridized carbons (Fsp3) is 0.280. The quantitative estimate of drug-likeness (QED) is 0.369. The van der Waals surface area contributed by atoms with Gasteiger partial charge in [-0.25, -0.2) is 15.0 Å². The number of benzene rings is 2. The number of halogens is 1. The third-order valence-electron chi connectivity index (χ3n) is 5.61. The van der Waals surface area contributed by atoms with Crippen LogP contribution in [0.25, 0.3) is 22.3 Å². The first-order valence-electron chi connectivity index (χ1n) is 11.2. The summed E-state index contributed by atoms with van der Waals surface area (Å²) in [6.45, 7) is 1.75. The van der Waals surface area contributed by atoms with Crippen LogP contribution in [0.3, 0.4) is 0 Å². The van der Waals surface area contributed by atoms with Gasteiger partial charge in [0.05, 0.1) is 24.2 Å². The van der Waals surface area contributed by atoms with Gasteiger partial charge in [-0.15, -0.1) is 0 Å². The van der Waals surface area contributed by atoms with Crippen LogP contribution in [0.4, 0.5) is 0 Å². The lowest BCUT2D eigenvalue weighted by Crippen LogP contribution is -2.24. The summed E-state index contributed by atoms with van der Waals surface area (Å²) in [5, 5.41) is 3.59. The molecule has 9 heteroatoms. The summed E-state index contributed by atoms with van der Waals surface area (Å²) in [5.41, 5.74) is 3.23. The van der Waals surface area contributed by atoms with Gasteiger partial charge in [-0.05, 0) is 36.8 Å². The zero-order valence-corrected chi connectivity index (χ0v) is 19.2. The number of ether oxygens (including phenoxy) is 2. The van der Waals surface area contributed by atoms with Gasteiger partial charge >= 0.3 is 0 Å². The second-order valence-electron chi connectivity index (χ2n) is 8.09. The van der Waals surface area contributed by atoms with Gasteiger partial charge in [0, 0.05) is 47.9 Å². The lowest BCUT2D eigenvalue weighted by atomic mass is 10.1. The number of imidazole rings is 1. The summed E-state index contributed by atoms with van der Waals surface area (Å²) in [6, 6.07) is 12.7. The standard InChI is InChI=1S/C25H24ClN5O3/c26-18-6-3-16(4-7-18)23-25(34-19-9-13-33-15-19)31-20-8-5-17(14-21(20)30-23)24(32)29-10-1-2-22-27-11-12-28-22/h3-8,11-12,14,19H,1-2,9-10,13,15H2,(H,27,28)(H,29,32). The molecule has 0 aliphatic carbocycles. The number of H-pyrrole nitrogens is 1. The highest BCUT2D eigenvalue weighted by molar-refractivity contribution is 6.30. The lowest BCUT2D eigenvalue weighted by molar-refractivity contribution is 0.0953. The summed E-state index contributed by atoms with van der Waals surface area (Å²) in [5.74, 6) is 1.20. The van der Waals surface area contributed by atoms with Crippen LogP contribution in [0.15, 0.2) is 54.9 Å². The molecule has 1 unspecified atom stereocenters. The van der Waals surface area contributed by atoms with Crippen LogP contribution >= 0.6 is 11.6 Å². The number of nitrogens with one attached hydrogen (secondary N) is 2. The Labute approximate surface area is 201 Å². The van der Waals surface area contributed by atoms with Crippen molar-refractivity contribution in [2.24, 2.45) is 0 Å². The molecule has 1 fully saturated rings. The van der Waals surface area contributed by atoms with Crippen molar-refractivity contribution >= 4 is 28.5 Å². The van der Waals surface area contributed by atoms with Crippen molar-refractivity contribution in [1.29, 1.82) is 0 Å². The summed E-state index contributed by atoms with van der Waals surface area (Å²) in [7, 11) is 0. The molecule has 0 bridgehead atoms. The second kappa shape index (κ2) is 10.2. The van der Waals surface area contributed by atoms with Crippen LogP contribution in [0.1, 0.15) is 29.0 Å². The van der Waals surface area contributed by atoms with Gasteiger partial charge in [0.15, 0.2) is 0 Å². The topological polar surface area (TPSA) is 102 Å². The Morgan fingerprint density at radius 3 is 2.82 bits per heavy atom. The average molecular weight is 478 g/mol. The molecule has 1 aliphatic rings. The maximum atomic E-state index is 12.7. The maximum absolute atomic E-state index is 12.7. The monoisotopic (exact) mass is 477 g/mol. The molecule has 34 heavy (non-hydrogen) atoms. The number of amides is 1. The van der Waals surface area contributed by atoms with E-state index in [0.717, 1.165) is 30.7 Å². The van der Waals surface area contributed by atoms with E-state index in [0.29, 0.717) is 53.0 Å². The number of aromatic amines is 1. The van der Waals surface area contributed by atoms with Crippen LogP contribution in [-0.4, -0.2) is 51.7 Å². The van der Waals surface area contributed by atoms with Crippen molar-refractivity contribution in [3.05, 3.63) is 71.3 Å². The van der Waals surface area contributed by atoms with Crippen molar-refractivity contribution in [2.45, 2.75) is 25.4 Å². The molecule has 1 saturated heterocycles. The average Bonchev–Trinajstić information content (AvgIpc) is 3.56. The van der Waals surface area contributed by atoms with Gasteiger partial charge in [-0.2, -0.15) is 0 Å². The van der Waals surface area contributed by atoms with E-state index in [9.17, 15) is 4.79 Å². The van der Waals surface area contributed by atoms with E-state index in [4.69, 9.17) is 31.0 Å². The molecule has 174 valence electrons. The van der Waals surface area contributed by atoms with Crippen molar-refractivity contribution in [2.75, 3.05) is 19.8 Å². The Morgan fingerprint density at radius 2 is 2.06 bits per heavy atom. The molecule has 8 nitrogen and oxygen atoms in total. The number of carbonyl (C=O) groups excluding carboxylic acids is 1. The van der Waals surface area contributed by atoms with E-state index in [1.807, 2.05) is 12.1 Å². The number of aromatic nitrogens is 4. The molecule has 1 atom stereocenters. The molecule has 0 spiro atoms. The Bertz CT molecular complexity index is 1270. The van der Waals surface area contributed by atoms with Gasteiger partial charge in [0.2, 0.25) is 5.88 Å². The van der Waals surface area contributed by atoms with Gasteiger partial charge in [-0.3, -0.25) is 4.79 Å². The molecule has 0 saturated carbocycles. The smallest absolute Gasteiger partial charge is 0.251 e. The largest absolute Gasteiger partial charge is 0.470 e. The van der Waals surface area contributed by atoms with Gasteiger partial charge in [0.1, 0.15) is 17.6 Å². The predicted molar refractivity (Wildman–Crippen MR) is 129 cm³/mol. The van der Waals surface area contributed by atoms with Crippen molar-refractivity contribution in [1.82, 2.24) is 25.3 Å². The highest BCUT2D eigenvalue weighted by atomic mass is 35.5. The van der Waals surface area contributed by atoms with Crippen LogP contribution in [0.2, 0.25) is 5.02 Å². The van der Waals surface area contributed by atoms with Gasteiger partial charge in [-0.1, -0.05) is 23.7 Å². The highest BCUT2D eigenvalue weighted by Crippen LogP contribution is 2.31. The normalized spacial score (nSPS) is 15.5. The van der Waals surface area contributed by atoms with Gasteiger partial charge < -0.3 is 19.8 Å². The molecule has 2 aromatic heterocycles. The molecule has 2 aromatic carbocycles. The zero-order valence-electron chi connectivity index (χ0n) is 18.5. The molecule has 0 radical (unpaired) electrons. The fourth-order valence-corrected chi connectivity index (χ4v) is 3.94. The third-order valence-corrected chi connectivity index (χ3v) is 5.86. The number of hydrogen-bond donors (Lipinski definition) is 2. The number of carbonyl (C=O) groups is 1. The van der Waals surface area contributed by atoms with E-state index >= 15 is 0 Å². The first-order chi connectivity index (χ1) is 16.7. The Morgan fingerprint density at radius 1 is 1.18 bits per heavy atom. The molecule has 1 amide bonds. The molecule has 1 aliphatic heterocycles. The van der Waals surface area contributed by atoms with Crippen LogP contribution in [-0.2, 0) is 11.2 Å². The Balaban J connectivity index is 1.38. The number of aryl methyl sites for hydroxylation is 1. The first-order valence-corrected chi connectivity index (χ1v) is 11.6. The molecular weight excluding hydrogens is 454 g/mol. The maximum Gasteiger partial charge on any atom is 0.251 e. The Kier molecular flexibility index (Phi) is 6.69. The summed E-state index contributed by atoms with van der Waals surface area (Å²) >= 11 is 6.07. The number of nitrogens with zero attached hydrogens (tertiary/aromatic N) is 3. The minimum absolute atomic E-state index is 0.0657. The van der Waals surface area contributed by atoms with E-state index in [1.54, 1.807) is 42.7 Å². The molecule has 3 heterocycles. The SMILES string of the molecule is O=C(NCCCc1ncc[nH]1)c1ccc2nc(OC3CCOC3)c(-c3ccc(Cl)cc3)nc2c1. The number of hydrogen-bond acceptors (Lipinski definition) is 6. The predicted octanol–water partition coefficient (Wildman–Crippen LogP) is 4.20. The zero-order chi connectivity index (χ0) is 23.3. The van der Waals surface area contributed by atoms with Crippen LogP contribution < -0.4 is 10.1 Å². The molecule has 4 aromatic rings. The first kappa shape index (κ1) is 22.3. The number of fused-ring (bicyclic) bond motifs is 1. The lowest BCUT2D eigenvalue weighted by Gasteiger charge is -2.15. The van der Waals surface area contributed by atoms with E-state index < -0.39 is 0 Å². The van der Waals surface area contributed by atoms with Crippen molar-refractivity contribution in [3.8, 4) is 17.1 Å². The van der Waals surface area contributed by atoms with Crippen LogP contribution in [0.5, 0.6) is 5.88 Å². The molecule has 2 N–H and O–H groups in total. The summed E-state index contributed by atoms with van der Waals surface area (Å²) in [6.07, 6.45) is 5.82. The van der Waals surface area contributed by atoms with E-state index in [-0.39, 0.29) is 12.0 Å². The van der Waals surface area contributed by atoms with Crippen molar-refractivity contribution in [3.63, 3.8) is 0 Å². The summed E-state index contributed by atoms with van der Waals surface area (Å²) in [4.78, 5) is 29.5. The minimum atomic E-state index is -0.153. The fourth-order valence-electron chi connectivity index (χ4n) is 3.82. The van der Waals surface area contributed by atoms with E-state index in [2.05, 4.69) is 15.3 Å². The summed E-state index contributed by atoms with van der Waals surface area (Å²) < 4.78 is 11.6. The third kappa shape index (κ3) is 5.18. The molecular formula is C25H24ClN5O3. The van der Waals surface area contributed by atoms with E-state index in [1.165, 1.54) is 0 Å². The second-order valence-corrected chi connectivity index (χ2v) is 8.52. The minimum Gasteiger partial charge on any atom is -0.470 e. The van der Waals surface area contributed by atoms with Crippen LogP contribution in [0, 0.1) is 0 Å². The number of rotatable bonds is 8. The highest BCUT2D eigenvalue weighted by Gasteiger charge is 2.22. The molecule has 5 rings (SSSR count). The van der Waals surface area contributed by atoms with Gasteiger partial charge in [0.25, 0.3) is 5.91 Å².